The van der Waals surface area contributed by atoms with E-state index in [0.29, 0.717) is 5.69 Å². The maximum Gasteiger partial charge on any atom is 0.331 e. The largest absolute Gasteiger partial charge is 0.451 e. The molecule has 108 valence electrons. The van der Waals surface area contributed by atoms with Crippen LogP contribution in [0.4, 0.5) is 10.1 Å². The lowest BCUT2D eigenvalue weighted by Crippen LogP contribution is -2.48. The van der Waals surface area contributed by atoms with Gasteiger partial charge in [0.15, 0.2) is 6.10 Å². The maximum atomic E-state index is 13.5. The van der Waals surface area contributed by atoms with Crippen LogP contribution >= 0.6 is 0 Å². The predicted octanol–water partition coefficient (Wildman–Crippen LogP) is 1.03. The van der Waals surface area contributed by atoms with E-state index >= 15 is 0 Å². The monoisotopic (exact) mass is 289 g/mol. The Balaban J connectivity index is 2.15. The van der Waals surface area contributed by atoms with Gasteiger partial charge in [-0.25, -0.2) is 9.18 Å². The zero-order valence-corrected chi connectivity index (χ0v) is 11.0. The van der Waals surface area contributed by atoms with Crippen molar-refractivity contribution in [2.75, 3.05) is 11.4 Å². The highest BCUT2D eigenvalue weighted by molar-refractivity contribution is 6.08. The Bertz CT molecular complexity index is 684. The number of esters is 1. The van der Waals surface area contributed by atoms with Crippen LogP contribution in [0.1, 0.15) is 5.56 Å². The first-order valence-electron chi connectivity index (χ1n) is 6.32. The van der Waals surface area contributed by atoms with Crippen LogP contribution in [0.5, 0.6) is 0 Å². The number of anilines is 1. The number of benzene rings is 1. The predicted molar refractivity (Wildman–Crippen MR) is 71.9 cm³/mol. The number of hydrogen-bond donors (Lipinski definition) is 1. The van der Waals surface area contributed by atoms with E-state index in [4.69, 9.17) is 4.74 Å². The maximum absolute atomic E-state index is 13.5. The summed E-state index contributed by atoms with van der Waals surface area (Å²) in [5, 5.41) is 10.8. The van der Waals surface area contributed by atoms with Crippen molar-refractivity contribution in [1.29, 1.82) is 0 Å². The van der Waals surface area contributed by atoms with Crippen molar-refractivity contribution in [3.8, 4) is 0 Å². The van der Waals surface area contributed by atoms with Crippen LogP contribution in [-0.4, -0.2) is 29.6 Å². The SMILES string of the molecule is C=CCN1C(=O)C(O)(C2C=CC(=O)O2)c2cc(F)ccc21. The summed E-state index contributed by atoms with van der Waals surface area (Å²) in [6.45, 7) is 3.71. The first kappa shape index (κ1) is 13.5. The molecular formula is C15H12FNO4. The minimum absolute atomic E-state index is 0.0821. The highest BCUT2D eigenvalue weighted by Crippen LogP contribution is 2.44. The third kappa shape index (κ3) is 1.80. The molecule has 0 saturated carbocycles. The Morgan fingerprint density at radius 1 is 1.48 bits per heavy atom. The summed E-state index contributed by atoms with van der Waals surface area (Å²) >= 11 is 0. The van der Waals surface area contributed by atoms with E-state index in [-0.39, 0.29) is 12.1 Å². The third-order valence-corrected chi connectivity index (χ3v) is 3.60. The van der Waals surface area contributed by atoms with E-state index in [0.717, 1.165) is 12.1 Å². The van der Waals surface area contributed by atoms with E-state index in [1.54, 1.807) is 0 Å². The molecule has 2 unspecified atom stereocenters. The Morgan fingerprint density at radius 3 is 2.86 bits per heavy atom. The van der Waals surface area contributed by atoms with Crippen molar-refractivity contribution in [2.24, 2.45) is 0 Å². The number of hydrogen-bond acceptors (Lipinski definition) is 4. The summed E-state index contributed by atoms with van der Waals surface area (Å²) < 4.78 is 18.5. The minimum Gasteiger partial charge on any atom is -0.451 e. The van der Waals surface area contributed by atoms with E-state index in [2.05, 4.69) is 6.58 Å². The molecule has 2 aliphatic heterocycles. The first-order valence-corrected chi connectivity index (χ1v) is 6.32. The Hall–Kier alpha value is -2.47. The standard InChI is InChI=1S/C15H12FNO4/c1-2-7-17-11-4-3-9(16)8-10(11)15(20,14(17)19)12-5-6-13(18)21-12/h2-6,8,12,20H,1,7H2. The summed E-state index contributed by atoms with van der Waals surface area (Å²) in [6, 6.07) is 3.69. The second kappa shape index (κ2) is 4.53. The molecule has 3 rings (SSSR count). The van der Waals surface area contributed by atoms with Gasteiger partial charge in [-0.15, -0.1) is 6.58 Å². The Kier molecular flexibility index (Phi) is 2.91. The van der Waals surface area contributed by atoms with Crippen molar-refractivity contribution in [2.45, 2.75) is 11.7 Å². The molecular weight excluding hydrogens is 277 g/mol. The van der Waals surface area contributed by atoms with Gasteiger partial charge < -0.3 is 14.7 Å². The van der Waals surface area contributed by atoms with Gasteiger partial charge in [-0.2, -0.15) is 0 Å². The van der Waals surface area contributed by atoms with Crippen LogP contribution in [-0.2, 0) is 19.9 Å². The number of nitrogens with zero attached hydrogens (tertiary/aromatic N) is 1. The molecule has 0 saturated heterocycles. The van der Waals surface area contributed by atoms with Crippen molar-refractivity contribution < 1.29 is 23.8 Å². The molecule has 1 amide bonds. The number of amides is 1. The van der Waals surface area contributed by atoms with Gasteiger partial charge in [0.25, 0.3) is 5.91 Å². The lowest BCUT2D eigenvalue weighted by Gasteiger charge is -2.26. The molecule has 2 heterocycles. The van der Waals surface area contributed by atoms with Gasteiger partial charge in [0.05, 0.1) is 5.69 Å². The highest BCUT2D eigenvalue weighted by Gasteiger charge is 2.56. The van der Waals surface area contributed by atoms with Gasteiger partial charge >= 0.3 is 5.97 Å². The normalized spacial score (nSPS) is 27.0. The quantitative estimate of drug-likeness (QED) is 0.666. The molecule has 0 radical (unpaired) electrons. The summed E-state index contributed by atoms with van der Waals surface area (Å²) in [5.74, 6) is -1.91. The molecule has 6 heteroatoms. The molecule has 5 nitrogen and oxygen atoms in total. The highest BCUT2D eigenvalue weighted by atomic mass is 19.1. The zero-order chi connectivity index (χ0) is 15.2. The van der Waals surface area contributed by atoms with Gasteiger partial charge in [-0.05, 0) is 24.3 Å². The number of cyclic esters (lactones) is 1. The van der Waals surface area contributed by atoms with Crippen LogP contribution in [0, 0.1) is 5.82 Å². The number of ether oxygens (including phenoxy) is 1. The summed E-state index contributed by atoms with van der Waals surface area (Å²) in [7, 11) is 0. The number of aliphatic hydroxyl groups is 1. The Labute approximate surface area is 119 Å². The van der Waals surface area contributed by atoms with Crippen molar-refractivity contribution in [3.63, 3.8) is 0 Å². The molecule has 0 spiro atoms. The van der Waals surface area contributed by atoms with Gasteiger partial charge in [0.2, 0.25) is 5.60 Å². The fourth-order valence-corrected chi connectivity index (χ4v) is 2.66. The summed E-state index contributed by atoms with van der Waals surface area (Å²) in [5.41, 5.74) is -1.66. The number of rotatable bonds is 3. The molecule has 0 fully saturated rings. The third-order valence-electron chi connectivity index (χ3n) is 3.60. The molecule has 2 aliphatic rings. The average Bonchev–Trinajstić information content (AvgIpc) is 2.97. The lowest BCUT2D eigenvalue weighted by atomic mass is 9.89. The minimum atomic E-state index is -2.12. The lowest BCUT2D eigenvalue weighted by molar-refractivity contribution is -0.159. The van der Waals surface area contributed by atoms with Crippen LogP contribution in [0.3, 0.4) is 0 Å². The average molecular weight is 289 g/mol. The van der Waals surface area contributed by atoms with Crippen molar-refractivity contribution >= 4 is 17.6 Å². The van der Waals surface area contributed by atoms with Gasteiger partial charge in [-0.3, -0.25) is 4.79 Å². The number of fused-ring (bicyclic) bond motifs is 1. The molecule has 0 aromatic heterocycles. The van der Waals surface area contributed by atoms with Crippen LogP contribution in [0.15, 0.2) is 43.0 Å². The molecule has 0 bridgehead atoms. The smallest absolute Gasteiger partial charge is 0.331 e. The second-order valence-corrected chi connectivity index (χ2v) is 4.85. The second-order valence-electron chi connectivity index (χ2n) is 4.85. The topological polar surface area (TPSA) is 66.8 Å². The molecule has 1 N–H and O–H groups in total. The first-order chi connectivity index (χ1) is 9.98. The molecule has 0 aliphatic carbocycles. The van der Waals surface area contributed by atoms with Gasteiger partial charge in [0, 0.05) is 18.2 Å². The van der Waals surface area contributed by atoms with Crippen molar-refractivity contribution in [3.05, 3.63) is 54.4 Å². The van der Waals surface area contributed by atoms with E-state index in [9.17, 15) is 19.1 Å². The summed E-state index contributed by atoms with van der Waals surface area (Å²) in [6.07, 6.45) is 2.75. The van der Waals surface area contributed by atoms with Crippen LogP contribution in [0.2, 0.25) is 0 Å². The van der Waals surface area contributed by atoms with E-state index in [1.165, 1.54) is 29.2 Å². The van der Waals surface area contributed by atoms with E-state index in [1.807, 2.05) is 0 Å². The van der Waals surface area contributed by atoms with Gasteiger partial charge in [-0.1, -0.05) is 6.08 Å². The number of halogens is 1. The number of carbonyl (C=O) groups excluding carboxylic acids is 2. The van der Waals surface area contributed by atoms with Crippen LogP contribution < -0.4 is 4.90 Å². The molecule has 1 aromatic carbocycles. The molecule has 2 atom stereocenters. The molecule has 21 heavy (non-hydrogen) atoms. The summed E-state index contributed by atoms with van der Waals surface area (Å²) in [4.78, 5) is 25.0. The zero-order valence-electron chi connectivity index (χ0n) is 11.0. The number of carbonyl (C=O) groups is 2. The van der Waals surface area contributed by atoms with E-state index < -0.39 is 29.4 Å². The van der Waals surface area contributed by atoms with Crippen molar-refractivity contribution in [1.82, 2.24) is 0 Å². The van der Waals surface area contributed by atoms with Crippen LogP contribution in [0.25, 0.3) is 0 Å². The Morgan fingerprint density at radius 2 is 2.24 bits per heavy atom. The fraction of sp³-hybridized carbons (Fsp3) is 0.200. The molecule has 1 aromatic rings. The fourth-order valence-electron chi connectivity index (χ4n) is 2.66. The van der Waals surface area contributed by atoms with Gasteiger partial charge in [0.1, 0.15) is 5.82 Å².